The Bertz CT molecular complexity index is 192. The number of hydrogen-bond acceptors (Lipinski definition) is 6. The molecule has 0 radical (unpaired) electrons. The summed E-state index contributed by atoms with van der Waals surface area (Å²) in [5.41, 5.74) is 0. The standard InChI is InChI=1S/C6H10O6/c7-3-1-6(11,5(9)10)12-2-4(3)8/h3-4,7-8,11H,1-2H2,(H,9,10)/p-1/t3-,4+,6+/m0/s1. The summed E-state index contributed by atoms with van der Waals surface area (Å²) < 4.78 is 4.39. The van der Waals surface area contributed by atoms with Gasteiger partial charge >= 0.3 is 0 Å². The van der Waals surface area contributed by atoms with Crippen molar-refractivity contribution in [3.05, 3.63) is 0 Å². The summed E-state index contributed by atoms with van der Waals surface area (Å²) >= 11 is 0. The van der Waals surface area contributed by atoms with Crippen LogP contribution in [0, 0.1) is 0 Å². The summed E-state index contributed by atoms with van der Waals surface area (Å²) in [6.45, 7) is -0.425. The molecule has 6 heteroatoms. The maximum atomic E-state index is 10.2. The van der Waals surface area contributed by atoms with Crippen molar-refractivity contribution < 1.29 is 30.0 Å². The molecule has 0 spiro atoms. The van der Waals surface area contributed by atoms with Crippen LogP contribution >= 0.6 is 0 Å². The van der Waals surface area contributed by atoms with Crippen LogP contribution in [0.3, 0.4) is 0 Å². The van der Waals surface area contributed by atoms with Crippen LogP contribution in [0.1, 0.15) is 6.42 Å². The third kappa shape index (κ3) is 1.56. The molecule has 0 aromatic rings. The molecule has 0 aliphatic carbocycles. The van der Waals surface area contributed by atoms with Gasteiger partial charge in [0, 0.05) is 6.42 Å². The van der Waals surface area contributed by atoms with Crippen molar-refractivity contribution in [1.82, 2.24) is 0 Å². The molecule has 6 nitrogen and oxygen atoms in total. The highest BCUT2D eigenvalue weighted by Gasteiger charge is 2.40. The van der Waals surface area contributed by atoms with E-state index in [0.29, 0.717) is 0 Å². The van der Waals surface area contributed by atoms with Gasteiger partial charge in [-0.3, -0.25) is 0 Å². The summed E-state index contributed by atoms with van der Waals surface area (Å²) in [4.78, 5) is 10.2. The van der Waals surface area contributed by atoms with E-state index in [0.717, 1.165) is 0 Å². The van der Waals surface area contributed by atoms with Crippen LogP contribution in [0.2, 0.25) is 0 Å². The summed E-state index contributed by atoms with van der Waals surface area (Å²) in [5, 5.41) is 37.2. The molecule has 0 aromatic heterocycles. The molecular formula is C6H9O6-. The Labute approximate surface area is 68.0 Å². The first-order valence-corrected chi connectivity index (χ1v) is 3.39. The highest BCUT2D eigenvalue weighted by molar-refractivity contribution is 5.73. The molecule has 0 aromatic carbocycles. The predicted octanol–water partition coefficient (Wildman–Crippen LogP) is -3.43. The molecule has 1 rings (SSSR count). The Balaban J connectivity index is 2.66. The fourth-order valence-electron chi connectivity index (χ4n) is 0.955. The minimum Gasteiger partial charge on any atom is -0.544 e. The van der Waals surface area contributed by atoms with E-state index >= 15 is 0 Å². The Hall–Kier alpha value is -0.690. The van der Waals surface area contributed by atoms with Crippen LogP contribution in [-0.4, -0.2) is 45.9 Å². The first kappa shape index (κ1) is 9.40. The molecule has 1 aliphatic rings. The van der Waals surface area contributed by atoms with Gasteiger partial charge in [-0.2, -0.15) is 0 Å². The highest BCUT2D eigenvalue weighted by atomic mass is 16.7. The Morgan fingerprint density at radius 1 is 1.50 bits per heavy atom. The first-order chi connectivity index (χ1) is 5.46. The summed E-state index contributed by atoms with van der Waals surface area (Å²) in [6.07, 6.45) is -3.05. The van der Waals surface area contributed by atoms with Gasteiger partial charge in [-0.15, -0.1) is 0 Å². The van der Waals surface area contributed by atoms with Crippen molar-refractivity contribution in [3.63, 3.8) is 0 Å². The van der Waals surface area contributed by atoms with Crippen LogP contribution in [0.4, 0.5) is 0 Å². The quantitative estimate of drug-likeness (QED) is 0.384. The molecule has 1 heterocycles. The van der Waals surface area contributed by atoms with Gasteiger partial charge < -0.3 is 30.0 Å². The third-order valence-corrected chi connectivity index (χ3v) is 1.74. The molecule has 0 unspecified atom stereocenters. The SMILES string of the molecule is O=C([O-])[C@@]1(O)C[C@H](O)[C@H](O)CO1. The van der Waals surface area contributed by atoms with Crippen molar-refractivity contribution in [3.8, 4) is 0 Å². The highest BCUT2D eigenvalue weighted by Crippen LogP contribution is 2.22. The van der Waals surface area contributed by atoms with Gasteiger partial charge in [0.1, 0.15) is 12.1 Å². The topological polar surface area (TPSA) is 110 Å². The monoisotopic (exact) mass is 177 g/mol. The largest absolute Gasteiger partial charge is 0.544 e. The number of aliphatic hydroxyl groups excluding tert-OH is 2. The van der Waals surface area contributed by atoms with Crippen LogP contribution in [0.15, 0.2) is 0 Å². The van der Waals surface area contributed by atoms with Crippen molar-refractivity contribution in [2.75, 3.05) is 6.61 Å². The number of carbonyl (C=O) groups is 1. The molecule has 70 valence electrons. The van der Waals surface area contributed by atoms with E-state index in [2.05, 4.69) is 4.74 Å². The zero-order valence-electron chi connectivity index (χ0n) is 6.14. The van der Waals surface area contributed by atoms with Crippen molar-refractivity contribution in [2.24, 2.45) is 0 Å². The predicted molar refractivity (Wildman–Crippen MR) is 32.5 cm³/mol. The molecule has 0 saturated carbocycles. The second-order valence-electron chi connectivity index (χ2n) is 2.72. The number of aliphatic carboxylic acids is 1. The number of carboxylic acids is 1. The lowest BCUT2D eigenvalue weighted by Crippen LogP contribution is -2.58. The smallest absolute Gasteiger partial charge is 0.209 e. The van der Waals surface area contributed by atoms with Gasteiger partial charge in [-0.1, -0.05) is 0 Å². The summed E-state index contributed by atoms with van der Waals surface area (Å²) in [7, 11) is 0. The molecule has 3 atom stereocenters. The Kier molecular flexibility index (Phi) is 2.34. The normalized spacial score (nSPS) is 42.6. The molecule has 0 bridgehead atoms. The van der Waals surface area contributed by atoms with Crippen LogP contribution in [0.25, 0.3) is 0 Å². The van der Waals surface area contributed by atoms with Gasteiger partial charge in [-0.25, -0.2) is 0 Å². The second kappa shape index (κ2) is 2.98. The van der Waals surface area contributed by atoms with Gasteiger partial charge in [0.15, 0.2) is 0 Å². The molecule has 1 saturated heterocycles. The summed E-state index contributed by atoms with van der Waals surface area (Å²) in [5.74, 6) is -4.29. The average molecular weight is 177 g/mol. The molecule has 0 amide bonds. The maximum absolute atomic E-state index is 10.2. The van der Waals surface area contributed by atoms with E-state index in [-0.39, 0.29) is 0 Å². The Morgan fingerprint density at radius 2 is 2.08 bits per heavy atom. The third-order valence-electron chi connectivity index (χ3n) is 1.74. The van der Waals surface area contributed by atoms with Gasteiger partial charge in [0.25, 0.3) is 0 Å². The van der Waals surface area contributed by atoms with Crippen LogP contribution in [0.5, 0.6) is 0 Å². The average Bonchev–Trinajstić information content (AvgIpc) is 1.97. The number of hydrogen-bond donors (Lipinski definition) is 3. The van der Waals surface area contributed by atoms with Crippen LogP contribution < -0.4 is 5.11 Å². The first-order valence-electron chi connectivity index (χ1n) is 3.39. The second-order valence-corrected chi connectivity index (χ2v) is 2.72. The van der Waals surface area contributed by atoms with Crippen molar-refractivity contribution in [2.45, 2.75) is 24.4 Å². The van der Waals surface area contributed by atoms with E-state index in [1.807, 2.05) is 0 Å². The maximum Gasteiger partial charge on any atom is 0.209 e. The van der Waals surface area contributed by atoms with Gasteiger partial charge in [0.05, 0.1) is 12.7 Å². The molecular weight excluding hydrogens is 168 g/mol. The van der Waals surface area contributed by atoms with Gasteiger partial charge in [-0.05, 0) is 0 Å². The van der Waals surface area contributed by atoms with E-state index in [9.17, 15) is 9.90 Å². The fraction of sp³-hybridized carbons (Fsp3) is 0.833. The molecule has 1 fully saturated rings. The lowest BCUT2D eigenvalue weighted by atomic mass is 10.0. The lowest BCUT2D eigenvalue weighted by Gasteiger charge is -2.37. The van der Waals surface area contributed by atoms with E-state index < -0.39 is 37.0 Å². The number of carbonyl (C=O) groups excluding carboxylic acids is 1. The number of carboxylic acid groups (broad SMARTS) is 1. The Morgan fingerprint density at radius 3 is 2.50 bits per heavy atom. The van der Waals surface area contributed by atoms with E-state index in [1.54, 1.807) is 0 Å². The zero-order valence-corrected chi connectivity index (χ0v) is 6.14. The van der Waals surface area contributed by atoms with Crippen molar-refractivity contribution >= 4 is 5.97 Å². The zero-order chi connectivity index (χ0) is 9.35. The van der Waals surface area contributed by atoms with E-state index in [1.165, 1.54) is 0 Å². The lowest BCUT2D eigenvalue weighted by molar-refractivity contribution is -0.364. The van der Waals surface area contributed by atoms with Crippen molar-refractivity contribution in [1.29, 1.82) is 0 Å². The number of ether oxygens (including phenoxy) is 1. The summed E-state index contributed by atoms with van der Waals surface area (Å²) in [6, 6.07) is 0. The van der Waals surface area contributed by atoms with E-state index in [4.69, 9.17) is 15.3 Å². The number of aliphatic hydroxyl groups is 3. The fourth-order valence-corrected chi connectivity index (χ4v) is 0.955. The molecule has 1 aliphatic heterocycles. The minimum absolute atomic E-state index is 0.425. The molecule has 3 N–H and O–H groups in total. The minimum atomic E-state index is -2.47. The number of rotatable bonds is 1. The molecule has 12 heavy (non-hydrogen) atoms. The van der Waals surface area contributed by atoms with Gasteiger partial charge in [0.2, 0.25) is 5.79 Å². The van der Waals surface area contributed by atoms with Crippen LogP contribution in [-0.2, 0) is 9.53 Å².